The van der Waals surface area contributed by atoms with Crippen LogP contribution in [0.25, 0.3) is 10.8 Å². The number of thioether (sulfide) groups is 1. The quantitative estimate of drug-likeness (QED) is 0.690. The van der Waals surface area contributed by atoms with Crippen molar-refractivity contribution >= 4 is 28.4 Å². The van der Waals surface area contributed by atoms with Crippen LogP contribution in [0, 0.1) is 0 Å². The highest BCUT2D eigenvalue weighted by atomic mass is 32.2. The zero-order valence-electron chi connectivity index (χ0n) is 13.7. The second-order valence-electron chi connectivity index (χ2n) is 5.84. The molecule has 1 unspecified atom stereocenters. The molecule has 2 nitrogen and oxygen atoms in total. The Hall–Kier alpha value is -2.26. The van der Waals surface area contributed by atoms with Crippen LogP contribution < -0.4 is 5.32 Å². The van der Waals surface area contributed by atoms with Gasteiger partial charge in [0.05, 0.1) is 11.8 Å². The molecule has 3 aromatic rings. The Bertz CT molecular complexity index is 811. The number of nitrogens with one attached hydrogen (secondary N) is 1. The highest BCUT2D eigenvalue weighted by Crippen LogP contribution is 2.24. The largest absolute Gasteiger partial charge is 0.349 e. The van der Waals surface area contributed by atoms with E-state index in [-0.39, 0.29) is 11.9 Å². The first kappa shape index (κ1) is 16.6. The third-order valence-corrected chi connectivity index (χ3v) is 5.02. The van der Waals surface area contributed by atoms with Crippen molar-refractivity contribution in [1.82, 2.24) is 5.32 Å². The molecule has 0 radical (unpaired) electrons. The molecule has 0 fully saturated rings. The fourth-order valence-electron chi connectivity index (χ4n) is 2.82. The lowest BCUT2D eigenvalue weighted by Gasteiger charge is -2.16. The molecule has 1 N–H and O–H groups in total. The van der Waals surface area contributed by atoms with Gasteiger partial charge in [-0.3, -0.25) is 4.79 Å². The van der Waals surface area contributed by atoms with Gasteiger partial charge in [0.25, 0.3) is 0 Å². The first-order chi connectivity index (χ1) is 11.7. The van der Waals surface area contributed by atoms with Crippen LogP contribution in [0.1, 0.15) is 24.1 Å². The van der Waals surface area contributed by atoms with Crippen LogP contribution in [0.15, 0.2) is 72.8 Å². The van der Waals surface area contributed by atoms with Gasteiger partial charge >= 0.3 is 0 Å². The fourth-order valence-corrected chi connectivity index (χ4v) is 3.62. The second kappa shape index (κ2) is 8.02. The summed E-state index contributed by atoms with van der Waals surface area (Å²) in [6.45, 7) is 2.04. The molecule has 1 atom stereocenters. The third kappa shape index (κ3) is 4.18. The number of fused-ring (bicyclic) bond motifs is 1. The lowest BCUT2D eigenvalue weighted by Crippen LogP contribution is -2.28. The Morgan fingerprint density at radius 2 is 1.67 bits per heavy atom. The van der Waals surface area contributed by atoms with E-state index in [1.807, 2.05) is 43.3 Å². The van der Waals surface area contributed by atoms with E-state index in [1.165, 1.54) is 16.3 Å². The number of hydrogen-bond donors (Lipinski definition) is 1. The molecule has 0 spiro atoms. The van der Waals surface area contributed by atoms with Crippen molar-refractivity contribution in [3.8, 4) is 0 Å². The summed E-state index contributed by atoms with van der Waals surface area (Å²) in [6, 6.07) is 24.8. The smallest absolute Gasteiger partial charge is 0.230 e. The lowest BCUT2D eigenvalue weighted by molar-refractivity contribution is -0.119. The average molecular weight is 335 g/mol. The molecule has 3 aromatic carbocycles. The summed E-state index contributed by atoms with van der Waals surface area (Å²) in [5, 5.41) is 5.52. The van der Waals surface area contributed by atoms with Crippen LogP contribution in [0.4, 0.5) is 0 Å². The number of amides is 1. The highest BCUT2D eigenvalue weighted by Gasteiger charge is 2.12. The Morgan fingerprint density at radius 3 is 2.50 bits per heavy atom. The minimum Gasteiger partial charge on any atom is -0.349 e. The second-order valence-corrected chi connectivity index (χ2v) is 6.82. The lowest BCUT2D eigenvalue weighted by atomic mass is 10.00. The summed E-state index contributed by atoms with van der Waals surface area (Å²) in [4.78, 5) is 12.2. The number of rotatable bonds is 6. The van der Waals surface area contributed by atoms with Gasteiger partial charge < -0.3 is 5.32 Å². The van der Waals surface area contributed by atoms with Crippen LogP contribution in [-0.4, -0.2) is 11.7 Å². The zero-order valence-corrected chi connectivity index (χ0v) is 14.6. The summed E-state index contributed by atoms with van der Waals surface area (Å²) < 4.78 is 0. The van der Waals surface area contributed by atoms with Gasteiger partial charge in [0.15, 0.2) is 0 Å². The normalized spacial score (nSPS) is 12.0. The van der Waals surface area contributed by atoms with Crippen molar-refractivity contribution < 1.29 is 4.79 Å². The van der Waals surface area contributed by atoms with E-state index in [1.54, 1.807) is 11.8 Å². The van der Waals surface area contributed by atoms with Gasteiger partial charge in [0, 0.05) is 5.75 Å². The first-order valence-electron chi connectivity index (χ1n) is 8.13. The topological polar surface area (TPSA) is 29.1 Å². The van der Waals surface area contributed by atoms with Crippen LogP contribution in [0.2, 0.25) is 0 Å². The summed E-state index contributed by atoms with van der Waals surface area (Å²) in [5.74, 6) is 1.41. The molecule has 0 saturated heterocycles. The van der Waals surface area contributed by atoms with Crippen molar-refractivity contribution in [2.75, 3.05) is 5.75 Å². The van der Waals surface area contributed by atoms with Crippen molar-refractivity contribution in [3.63, 3.8) is 0 Å². The van der Waals surface area contributed by atoms with Crippen molar-refractivity contribution in [3.05, 3.63) is 83.9 Å². The average Bonchev–Trinajstić information content (AvgIpc) is 2.62. The molecule has 122 valence electrons. The SMILES string of the molecule is CC(NC(=O)CSCc1ccccc1)c1cccc2ccccc12. The van der Waals surface area contributed by atoms with E-state index >= 15 is 0 Å². The number of carbonyl (C=O) groups excluding carboxylic acids is 1. The van der Waals surface area contributed by atoms with E-state index in [0.29, 0.717) is 5.75 Å². The van der Waals surface area contributed by atoms with E-state index < -0.39 is 0 Å². The molecule has 0 aromatic heterocycles. The van der Waals surface area contributed by atoms with Crippen LogP contribution in [0.5, 0.6) is 0 Å². The highest BCUT2D eigenvalue weighted by molar-refractivity contribution is 7.99. The van der Waals surface area contributed by atoms with E-state index in [9.17, 15) is 4.79 Å². The molecule has 0 aliphatic heterocycles. The molecule has 1 amide bonds. The van der Waals surface area contributed by atoms with Crippen LogP contribution >= 0.6 is 11.8 Å². The molecular weight excluding hydrogens is 314 g/mol. The molecule has 0 saturated carbocycles. The first-order valence-corrected chi connectivity index (χ1v) is 9.28. The van der Waals surface area contributed by atoms with Gasteiger partial charge in [-0.15, -0.1) is 11.8 Å². The van der Waals surface area contributed by atoms with Gasteiger partial charge in [-0.1, -0.05) is 72.8 Å². The van der Waals surface area contributed by atoms with Gasteiger partial charge in [-0.25, -0.2) is 0 Å². The fraction of sp³-hybridized carbons (Fsp3) is 0.190. The molecule has 0 bridgehead atoms. The zero-order chi connectivity index (χ0) is 16.8. The van der Waals surface area contributed by atoms with Crippen LogP contribution in [0.3, 0.4) is 0 Å². The van der Waals surface area contributed by atoms with Gasteiger partial charge in [-0.05, 0) is 28.8 Å². The summed E-state index contributed by atoms with van der Waals surface area (Å²) >= 11 is 1.64. The summed E-state index contributed by atoms with van der Waals surface area (Å²) in [7, 11) is 0. The minimum absolute atomic E-state index is 0.000857. The van der Waals surface area contributed by atoms with Crippen molar-refractivity contribution in [1.29, 1.82) is 0 Å². The van der Waals surface area contributed by atoms with Crippen LogP contribution in [-0.2, 0) is 10.5 Å². The Labute approximate surface area is 147 Å². The van der Waals surface area contributed by atoms with Gasteiger partial charge in [-0.2, -0.15) is 0 Å². The van der Waals surface area contributed by atoms with Crippen molar-refractivity contribution in [2.45, 2.75) is 18.7 Å². The summed E-state index contributed by atoms with van der Waals surface area (Å²) in [6.07, 6.45) is 0. The molecule has 0 heterocycles. The minimum atomic E-state index is 0.000857. The Balaban J connectivity index is 1.57. The number of carbonyl (C=O) groups is 1. The number of benzene rings is 3. The molecule has 0 aliphatic carbocycles. The molecule has 3 rings (SSSR count). The number of hydrogen-bond acceptors (Lipinski definition) is 2. The van der Waals surface area contributed by atoms with E-state index in [4.69, 9.17) is 0 Å². The van der Waals surface area contributed by atoms with Crippen molar-refractivity contribution in [2.24, 2.45) is 0 Å². The Morgan fingerprint density at radius 1 is 0.958 bits per heavy atom. The standard InChI is InChI=1S/C21H21NOS/c1-16(19-13-7-11-18-10-5-6-12-20(18)19)22-21(23)15-24-14-17-8-3-2-4-9-17/h2-13,16H,14-15H2,1H3,(H,22,23). The van der Waals surface area contributed by atoms with E-state index in [2.05, 4.69) is 41.7 Å². The Kier molecular flexibility index (Phi) is 5.55. The molecule has 24 heavy (non-hydrogen) atoms. The maximum absolute atomic E-state index is 12.2. The summed E-state index contributed by atoms with van der Waals surface area (Å²) in [5.41, 5.74) is 2.41. The third-order valence-electron chi connectivity index (χ3n) is 4.01. The molecule has 3 heteroatoms. The predicted molar refractivity (Wildman–Crippen MR) is 103 cm³/mol. The predicted octanol–water partition coefficient (Wildman–Crippen LogP) is 4.95. The van der Waals surface area contributed by atoms with Gasteiger partial charge in [0.1, 0.15) is 0 Å². The molecular formula is C21H21NOS. The maximum Gasteiger partial charge on any atom is 0.230 e. The molecule has 0 aliphatic rings. The monoisotopic (exact) mass is 335 g/mol. The van der Waals surface area contributed by atoms with E-state index in [0.717, 1.165) is 11.3 Å². The maximum atomic E-state index is 12.2. The van der Waals surface area contributed by atoms with Gasteiger partial charge in [0.2, 0.25) is 5.91 Å².